The molecule has 0 aliphatic heterocycles. The van der Waals surface area contributed by atoms with E-state index in [1.165, 1.54) is 0 Å². The van der Waals surface area contributed by atoms with Gasteiger partial charge in [-0.15, -0.1) is 11.8 Å². The molecule has 0 amide bonds. The molecule has 0 atom stereocenters. The van der Waals surface area contributed by atoms with Crippen molar-refractivity contribution < 1.29 is 77.9 Å². The standard InChI is InChI=1S/C12.8C11H9N2.4Ru/c1-3-5-7-9-11-12-10-8-6-4-2;8*1-2-6-10(7-3-1)13-11-8-4-5-9-12-11;;;;/h;8*1-9H;;;;/q-2;8*-1;2*+2;2*+3. The van der Waals surface area contributed by atoms with E-state index in [1.54, 1.807) is 49.6 Å². The van der Waals surface area contributed by atoms with Crippen molar-refractivity contribution in [2.24, 2.45) is 0 Å². The van der Waals surface area contributed by atoms with Gasteiger partial charge in [-0.3, -0.25) is 11.8 Å². The molecule has 2 radical (unpaired) electrons. The van der Waals surface area contributed by atoms with Crippen molar-refractivity contribution >= 4 is 92.0 Å². The van der Waals surface area contributed by atoms with E-state index in [1.807, 2.05) is 400 Å². The predicted molar refractivity (Wildman–Crippen MR) is 472 cm³/mol. The molecule has 0 bridgehead atoms. The molecule has 16 nitrogen and oxygen atoms in total. The van der Waals surface area contributed by atoms with E-state index >= 15 is 0 Å². The Labute approximate surface area is 755 Å². The molecular weight excluding hydrogens is 1830 g/mol. The summed E-state index contributed by atoms with van der Waals surface area (Å²) in [7, 11) is 0. The van der Waals surface area contributed by atoms with Gasteiger partial charge in [-0.2, -0.15) is 0 Å². The van der Waals surface area contributed by atoms with Crippen molar-refractivity contribution in [3.8, 4) is 59.2 Å². The first-order chi connectivity index (χ1) is 57.5. The fraction of sp³-hybridized carbons (Fsp3) is 0. The number of hydrogen-bond acceptors (Lipinski definition) is 8. The quantitative estimate of drug-likeness (QED) is 0.0514. The van der Waals surface area contributed by atoms with Crippen LogP contribution in [0.3, 0.4) is 0 Å². The second-order valence-corrected chi connectivity index (χ2v) is 22.3. The molecule has 8 heterocycles. The van der Waals surface area contributed by atoms with E-state index in [0.717, 1.165) is 92.0 Å². The van der Waals surface area contributed by atoms with E-state index in [2.05, 4.69) is 130 Å². The van der Waals surface area contributed by atoms with Crippen LogP contribution in [-0.2, 0) is 77.9 Å². The van der Waals surface area contributed by atoms with Crippen LogP contribution in [-0.4, -0.2) is 39.9 Å². The Morgan fingerprint density at radius 2 is 0.258 bits per heavy atom. The van der Waals surface area contributed by atoms with Crippen LogP contribution < -0.4 is 0 Å². The Bertz CT molecular complexity index is 4320. The van der Waals surface area contributed by atoms with Crippen molar-refractivity contribution in [3.63, 3.8) is 0 Å². The maximum absolute atomic E-state index is 6.40. The second-order valence-electron chi connectivity index (χ2n) is 22.3. The molecule has 584 valence electrons. The number of hydrogen-bond donors (Lipinski definition) is 0. The van der Waals surface area contributed by atoms with Crippen LogP contribution in [0.25, 0.3) is 42.5 Å². The summed E-state index contributed by atoms with van der Waals surface area (Å²) in [6.07, 6.45) is 26.7. The van der Waals surface area contributed by atoms with Crippen LogP contribution >= 0.6 is 0 Å². The number of nitrogens with zero attached hydrogens (tertiary/aromatic N) is 16. The zero-order chi connectivity index (χ0) is 80.5. The summed E-state index contributed by atoms with van der Waals surface area (Å²) in [6.45, 7) is 0. The van der Waals surface area contributed by atoms with E-state index < -0.39 is 0 Å². The topological polar surface area (TPSA) is 216 Å². The molecule has 0 saturated carbocycles. The van der Waals surface area contributed by atoms with Gasteiger partial charge in [0.1, 0.15) is 0 Å². The van der Waals surface area contributed by atoms with Gasteiger partial charge in [0.15, 0.2) is 0 Å². The Hall–Kier alpha value is -14.8. The van der Waals surface area contributed by atoms with Gasteiger partial charge >= 0.3 is 77.9 Å². The third-order valence-corrected chi connectivity index (χ3v) is 13.8. The molecule has 0 N–H and O–H groups in total. The summed E-state index contributed by atoms with van der Waals surface area (Å²) < 4.78 is 0. The maximum Gasteiger partial charge on any atom is 3.00 e. The first kappa shape index (κ1) is 97.6. The first-order valence-electron chi connectivity index (χ1n) is 35.8. The van der Waals surface area contributed by atoms with Crippen LogP contribution in [0.5, 0.6) is 0 Å². The van der Waals surface area contributed by atoms with Crippen LogP contribution in [0, 0.1) is 72.1 Å². The number of pyridine rings is 8. The molecule has 16 rings (SSSR count). The Morgan fingerprint density at radius 3 is 0.358 bits per heavy atom. The average Bonchev–Trinajstić information content (AvgIpc) is 0.955. The number of aromatic nitrogens is 8. The molecule has 8 aromatic carbocycles. The molecule has 0 fully saturated rings. The summed E-state index contributed by atoms with van der Waals surface area (Å²) in [5.74, 6) is 28.2. The summed E-state index contributed by atoms with van der Waals surface area (Å²) in [6, 6.07) is 124. The molecule has 120 heavy (non-hydrogen) atoms. The molecule has 0 aliphatic carbocycles. The third-order valence-electron chi connectivity index (χ3n) is 13.8. The molecule has 0 saturated heterocycles. The van der Waals surface area contributed by atoms with Crippen molar-refractivity contribution in [1.29, 1.82) is 0 Å². The number of para-hydroxylation sites is 8. The van der Waals surface area contributed by atoms with Gasteiger partial charge in [-0.05, 0) is 69.2 Å². The number of benzene rings is 8. The van der Waals surface area contributed by atoms with E-state index in [-0.39, 0.29) is 77.9 Å². The molecule has 0 aliphatic rings. The van der Waals surface area contributed by atoms with Crippen LogP contribution in [0.4, 0.5) is 92.0 Å². The van der Waals surface area contributed by atoms with E-state index in [4.69, 9.17) is 12.8 Å². The van der Waals surface area contributed by atoms with Gasteiger partial charge in [0.25, 0.3) is 0 Å². The van der Waals surface area contributed by atoms with Crippen molar-refractivity contribution in [2.45, 2.75) is 0 Å². The smallest absolute Gasteiger partial charge is 0.443 e. The van der Waals surface area contributed by atoms with Crippen LogP contribution in [0.15, 0.2) is 438 Å². The largest absolute Gasteiger partial charge is 3.00 e. The van der Waals surface area contributed by atoms with Crippen LogP contribution in [0.1, 0.15) is 0 Å². The Morgan fingerprint density at radius 1 is 0.150 bits per heavy atom. The zero-order valence-corrected chi connectivity index (χ0v) is 71.1. The fourth-order valence-electron chi connectivity index (χ4n) is 8.69. The van der Waals surface area contributed by atoms with Crippen molar-refractivity contribution in [1.82, 2.24) is 39.9 Å². The predicted octanol–water partition coefficient (Wildman–Crippen LogP) is 27.5. The molecular formula is C100H72N16Ru4. The average molecular weight is 1900 g/mol. The molecule has 20 heteroatoms. The minimum absolute atomic E-state index is 0. The fourth-order valence-corrected chi connectivity index (χ4v) is 8.69. The summed E-state index contributed by atoms with van der Waals surface area (Å²) in [5, 5.41) is 34.6. The number of rotatable bonds is 16. The second kappa shape index (κ2) is 64.5. The summed E-state index contributed by atoms with van der Waals surface area (Å²) in [4.78, 5) is 32.9. The Balaban J connectivity index is 0.000000283. The SMILES string of the molecule is [C-]#CC#CC#CC#CC#CC#[C-].[Ru+2].[Ru+2].[Ru+3].[Ru+3].c1ccc([N-]c2ccccn2)cc1.c1ccc([N-]c2ccccn2)cc1.c1ccc([N-]c2ccccn2)cc1.c1ccc([N-]c2ccccn2)cc1.c1ccc([N-]c2ccccn2)cc1.c1ccc([N-]c2ccccn2)cc1.c1ccc([N-]c2ccccn2)cc1.c1ccc([N-]c2ccccn2)cc1. The minimum Gasteiger partial charge on any atom is -0.443 e. The van der Waals surface area contributed by atoms with Crippen molar-refractivity contribution in [3.05, 3.63) is 493 Å². The molecule has 0 unspecified atom stereocenters. The molecule has 8 aromatic heterocycles. The normalized spacial score (nSPS) is 8.62. The van der Waals surface area contributed by atoms with E-state index in [0.29, 0.717) is 0 Å². The minimum atomic E-state index is 0. The van der Waals surface area contributed by atoms with Gasteiger partial charge in [0, 0.05) is 0 Å². The zero-order valence-electron chi connectivity index (χ0n) is 64.1. The first-order valence-corrected chi connectivity index (χ1v) is 35.8. The van der Waals surface area contributed by atoms with Gasteiger partial charge in [0.2, 0.25) is 0 Å². The van der Waals surface area contributed by atoms with Crippen LogP contribution in [0.2, 0.25) is 0 Å². The van der Waals surface area contributed by atoms with Gasteiger partial charge in [0.05, 0.1) is 0 Å². The monoisotopic (exact) mass is 1900 g/mol. The summed E-state index contributed by atoms with van der Waals surface area (Å²) in [5.41, 5.74) is 7.45. The van der Waals surface area contributed by atoms with Gasteiger partial charge in [-0.1, -0.05) is 484 Å². The summed E-state index contributed by atoms with van der Waals surface area (Å²) >= 11 is 0. The third kappa shape index (κ3) is 45.3. The molecule has 16 aromatic rings. The Kier molecular flexibility index (Phi) is 52.4. The van der Waals surface area contributed by atoms with E-state index in [9.17, 15) is 0 Å². The maximum atomic E-state index is 6.40. The van der Waals surface area contributed by atoms with Crippen molar-refractivity contribution in [2.75, 3.05) is 0 Å². The van der Waals surface area contributed by atoms with Gasteiger partial charge in [-0.25, -0.2) is 11.8 Å². The van der Waals surface area contributed by atoms with Gasteiger partial charge < -0.3 is 95.3 Å². The molecule has 0 spiro atoms.